The first-order valence-electron chi connectivity index (χ1n) is 4.63. The summed E-state index contributed by atoms with van der Waals surface area (Å²) in [6, 6.07) is 5.66. The molecule has 0 saturated heterocycles. The van der Waals surface area contributed by atoms with Crippen LogP contribution in [0.25, 0.3) is 0 Å². The van der Waals surface area contributed by atoms with Gasteiger partial charge in [0, 0.05) is 21.2 Å². The van der Waals surface area contributed by atoms with E-state index in [9.17, 15) is 0 Å². The van der Waals surface area contributed by atoms with Crippen molar-refractivity contribution >= 4 is 39.9 Å². The Kier molecular flexibility index (Phi) is 3.65. The SMILES string of the molecule is Cc1nc(CNc2ccc(Cl)cc2I)no1. The molecule has 2 rings (SSSR count). The molecule has 0 spiro atoms. The first-order valence-corrected chi connectivity index (χ1v) is 6.09. The molecule has 0 radical (unpaired) electrons. The highest BCUT2D eigenvalue weighted by Gasteiger charge is 2.04. The fourth-order valence-electron chi connectivity index (χ4n) is 1.22. The summed E-state index contributed by atoms with van der Waals surface area (Å²) in [5.74, 6) is 1.21. The van der Waals surface area contributed by atoms with E-state index >= 15 is 0 Å². The van der Waals surface area contributed by atoms with Crippen molar-refractivity contribution in [1.29, 1.82) is 0 Å². The summed E-state index contributed by atoms with van der Waals surface area (Å²) in [5, 5.41) is 7.75. The first-order chi connectivity index (χ1) is 7.65. The van der Waals surface area contributed by atoms with Gasteiger partial charge in [0.15, 0.2) is 5.82 Å². The molecular formula is C10H9ClIN3O. The third-order valence-electron chi connectivity index (χ3n) is 1.94. The zero-order valence-corrected chi connectivity index (χ0v) is 11.4. The summed E-state index contributed by atoms with van der Waals surface area (Å²) in [6.07, 6.45) is 0. The molecule has 0 unspecified atom stereocenters. The quantitative estimate of drug-likeness (QED) is 0.864. The van der Waals surface area contributed by atoms with Crippen molar-refractivity contribution in [2.45, 2.75) is 13.5 Å². The van der Waals surface area contributed by atoms with Crippen LogP contribution in [-0.2, 0) is 6.54 Å². The van der Waals surface area contributed by atoms with Crippen LogP contribution in [0.1, 0.15) is 11.7 Å². The van der Waals surface area contributed by atoms with Gasteiger partial charge in [0.05, 0.1) is 6.54 Å². The summed E-state index contributed by atoms with van der Waals surface area (Å²) < 4.78 is 5.94. The molecule has 1 heterocycles. The van der Waals surface area contributed by atoms with Crippen LogP contribution in [-0.4, -0.2) is 10.1 Å². The number of aryl methyl sites for hydroxylation is 1. The minimum absolute atomic E-state index is 0.537. The van der Waals surface area contributed by atoms with Gasteiger partial charge in [-0.2, -0.15) is 4.98 Å². The maximum Gasteiger partial charge on any atom is 0.223 e. The van der Waals surface area contributed by atoms with Crippen LogP contribution < -0.4 is 5.32 Å². The second kappa shape index (κ2) is 5.01. The second-order valence-corrected chi connectivity index (χ2v) is 4.81. The minimum atomic E-state index is 0.537. The van der Waals surface area contributed by atoms with E-state index in [0.29, 0.717) is 18.3 Å². The molecule has 0 amide bonds. The molecule has 0 atom stereocenters. The Bertz CT molecular complexity index is 501. The maximum atomic E-state index is 5.87. The Labute approximate surface area is 112 Å². The Morgan fingerprint density at radius 2 is 2.31 bits per heavy atom. The maximum absolute atomic E-state index is 5.87. The number of rotatable bonds is 3. The monoisotopic (exact) mass is 349 g/mol. The molecule has 0 aliphatic carbocycles. The number of hydrogen-bond acceptors (Lipinski definition) is 4. The summed E-state index contributed by atoms with van der Waals surface area (Å²) in [6.45, 7) is 2.30. The predicted molar refractivity (Wildman–Crippen MR) is 70.5 cm³/mol. The van der Waals surface area contributed by atoms with Crippen molar-refractivity contribution in [2.24, 2.45) is 0 Å². The highest BCUT2D eigenvalue weighted by Crippen LogP contribution is 2.22. The zero-order chi connectivity index (χ0) is 11.5. The molecule has 2 aromatic rings. The van der Waals surface area contributed by atoms with E-state index in [1.54, 1.807) is 6.92 Å². The molecular weight excluding hydrogens is 340 g/mol. The standard InChI is InChI=1S/C10H9ClIN3O/c1-6-14-10(15-16-6)5-13-9-3-2-7(11)4-8(9)12/h2-4,13H,5H2,1H3. The third kappa shape index (κ3) is 2.85. The van der Waals surface area contributed by atoms with Crippen LogP contribution in [0.4, 0.5) is 5.69 Å². The van der Waals surface area contributed by atoms with Gasteiger partial charge < -0.3 is 9.84 Å². The summed E-state index contributed by atoms with van der Waals surface area (Å²) >= 11 is 8.09. The lowest BCUT2D eigenvalue weighted by Gasteiger charge is -2.06. The van der Waals surface area contributed by atoms with Crippen LogP contribution >= 0.6 is 34.2 Å². The average molecular weight is 350 g/mol. The van der Waals surface area contributed by atoms with E-state index in [1.165, 1.54) is 0 Å². The lowest BCUT2D eigenvalue weighted by Crippen LogP contribution is -2.02. The van der Waals surface area contributed by atoms with Gasteiger partial charge in [-0.1, -0.05) is 16.8 Å². The van der Waals surface area contributed by atoms with Crippen LogP contribution in [0, 0.1) is 10.5 Å². The first kappa shape index (κ1) is 11.7. The van der Waals surface area contributed by atoms with Crippen molar-refractivity contribution in [3.8, 4) is 0 Å². The average Bonchev–Trinajstić information content (AvgIpc) is 2.63. The van der Waals surface area contributed by atoms with E-state index in [0.717, 1.165) is 14.3 Å². The smallest absolute Gasteiger partial charge is 0.223 e. The molecule has 0 fully saturated rings. The van der Waals surface area contributed by atoms with Crippen LogP contribution in [0.5, 0.6) is 0 Å². The topological polar surface area (TPSA) is 51.0 Å². The van der Waals surface area contributed by atoms with Crippen LogP contribution in [0.15, 0.2) is 22.7 Å². The Morgan fingerprint density at radius 3 is 2.94 bits per heavy atom. The van der Waals surface area contributed by atoms with Crippen LogP contribution in [0.2, 0.25) is 5.02 Å². The number of aromatic nitrogens is 2. The molecule has 16 heavy (non-hydrogen) atoms. The number of nitrogens with zero attached hydrogens (tertiary/aromatic N) is 2. The fraction of sp³-hybridized carbons (Fsp3) is 0.200. The molecule has 1 N–H and O–H groups in total. The van der Waals surface area contributed by atoms with Crippen molar-refractivity contribution < 1.29 is 4.52 Å². The molecule has 0 bridgehead atoms. The van der Waals surface area contributed by atoms with Crippen molar-refractivity contribution in [3.63, 3.8) is 0 Å². The number of anilines is 1. The molecule has 84 valence electrons. The Balaban J connectivity index is 2.04. The Hall–Kier alpha value is -0.820. The van der Waals surface area contributed by atoms with E-state index in [1.807, 2.05) is 18.2 Å². The molecule has 6 heteroatoms. The number of benzene rings is 1. The Morgan fingerprint density at radius 1 is 1.50 bits per heavy atom. The van der Waals surface area contributed by atoms with Gasteiger partial charge >= 0.3 is 0 Å². The minimum Gasteiger partial charge on any atom is -0.377 e. The molecule has 0 aliphatic heterocycles. The van der Waals surface area contributed by atoms with Gasteiger partial charge in [0.2, 0.25) is 5.89 Å². The molecule has 1 aromatic carbocycles. The van der Waals surface area contributed by atoms with E-state index in [-0.39, 0.29) is 0 Å². The van der Waals surface area contributed by atoms with Gasteiger partial charge in [-0.05, 0) is 40.8 Å². The molecule has 0 saturated carbocycles. The fourth-order valence-corrected chi connectivity index (χ4v) is 2.28. The third-order valence-corrected chi connectivity index (χ3v) is 3.07. The normalized spacial score (nSPS) is 10.4. The molecule has 4 nitrogen and oxygen atoms in total. The van der Waals surface area contributed by atoms with Gasteiger partial charge in [-0.25, -0.2) is 0 Å². The highest BCUT2D eigenvalue weighted by molar-refractivity contribution is 14.1. The van der Waals surface area contributed by atoms with E-state index in [2.05, 4.69) is 38.0 Å². The zero-order valence-electron chi connectivity index (χ0n) is 8.50. The van der Waals surface area contributed by atoms with Gasteiger partial charge in [-0.3, -0.25) is 0 Å². The summed E-state index contributed by atoms with van der Waals surface area (Å²) in [5.41, 5.74) is 1.01. The lowest BCUT2D eigenvalue weighted by molar-refractivity contribution is 0.388. The van der Waals surface area contributed by atoms with Gasteiger partial charge in [0.1, 0.15) is 0 Å². The van der Waals surface area contributed by atoms with Gasteiger partial charge in [-0.15, -0.1) is 0 Å². The second-order valence-electron chi connectivity index (χ2n) is 3.21. The van der Waals surface area contributed by atoms with Crippen molar-refractivity contribution in [3.05, 3.63) is 38.5 Å². The number of halogens is 2. The predicted octanol–water partition coefficient (Wildman–Crippen LogP) is 3.25. The highest BCUT2D eigenvalue weighted by atomic mass is 127. The van der Waals surface area contributed by atoms with Crippen LogP contribution in [0.3, 0.4) is 0 Å². The van der Waals surface area contributed by atoms with Gasteiger partial charge in [0.25, 0.3) is 0 Å². The van der Waals surface area contributed by atoms with E-state index in [4.69, 9.17) is 16.1 Å². The lowest BCUT2D eigenvalue weighted by atomic mass is 10.3. The summed E-state index contributed by atoms with van der Waals surface area (Å²) in [7, 11) is 0. The largest absolute Gasteiger partial charge is 0.377 e. The summed E-state index contributed by atoms with van der Waals surface area (Å²) in [4.78, 5) is 4.10. The molecule has 1 aromatic heterocycles. The molecule has 0 aliphatic rings. The van der Waals surface area contributed by atoms with E-state index < -0.39 is 0 Å². The number of hydrogen-bond donors (Lipinski definition) is 1. The number of nitrogens with one attached hydrogen (secondary N) is 1. The van der Waals surface area contributed by atoms with Crippen molar-refractivity contribution in [2.75, 3.05) is 5.32 Å². The van der Waals surface area contributed by atoms with Crippen molar-refractivity contribution in [1.82, 2.24) is 10.1 Å².